The second kappa shape index (κ2) is 7.49. The fourth-order valence-electron chi connectivity index (χ4n) is 2.47. The van der Waals surface area contributed by atoms with Crippen LogP contribution in [0.1, 0.15) is 31.7 Å². The van der Waals surface area contributed by atoms with Gasteiger partial charge >= 0.3 is 6.03 Å². The molecular formula is C17H26N2O3. The van der Waals surface area contributed by atoms with Gasteiger partial charge in [0.05, 0.1) is 18.8 Å². The maximum absolute atomic E-state index is 11.9. The molecule has 0 spiro atoms. The van der Waals surface area contributed by atoms with E-state index in [0.29, 0.717) is 19.1 Å². The second-order valence-electron chi connectivity index (χ2n) is 6.20. The summed E-state index contributed by atoms with van der Waals surface area (Å²) in [7, 11) is 0. The molecule has 5 nitrogen and oxygen atoms in total. The van der Waals surface area contributed by atoms with Gasteiger partial charge in [0.2, 0.25) is 0 Å². The molecule has 1 aromatic rings. The second-order valence-corrected chi connectivity index (χ2v) is 6.20. The number of rotatable bonds is 8. The third-order valence-corrected chi connectivity index (χ3v) is 4.16. The summed E-state index contributed by atoms with van der Waals surface area (Å²) in [6.45, 7) is 4.98. The number of carbonyl (C=O) groups excluding carboxylic acids is 1. The van der Waals surface area contributed by atoms with Crippen LogP contribution in [0.5, 0.6) is 5.75 Å². The molecule has 1 fully saturated rings. The zero-order valence-corrected chi connectivity index (χ0v) is 13.4. The van der Waals surface area contributed by atoms with Gasteiger partial charge in [-0.15, -0.1) is 0 Å². The maximum Gasteiger partial charge on any atom is 0.315 e. The quantitative estimate of drug-likeness (QED) is 0.645. The molecule has 1 unspecified atom stereocenters. The van der Waals surface area contributed by atoms with E-state index in [2.05, 4.69) is 10.6 Å². The van der Waals surface area contributed by atoms with E-state index < -0.39 is 5.54 Å². The molecule has 2 amide bonds. The lowest BCUT2D eigenvalue weighted by atomic mass is 9.97. The summed E-state index contributed by atoms with van der Waals surface area (Å²) in [4.78, 5) is 11.9. The Bertz CT molecular complexity index is 502. The van der Waals surface area contributed by atoms with Gasteiger partial charge in [0.25, 0.3) is 0 Å². The summed E-state index contributed by atoms with van der Waals surface area (Å²) in [6.07, 6.45) is 2.88. The molecule has 1 aliphatic rings. The van der Waals surface area contributed by atoms with Crippen LogP contribution >= 0.6 is 0 Å². The van der Waals surface area contributed by atoms with E-state index in [0.717, 1.165) is 30.6 Å². The van der Waals surface area contributed by atoms with Crippen molar-refractivity contribution in [2.45, 2.75) is 38.6 Å². The number of nitrogens with one attached hydrogen (secondary N) is 2. The first kappa shape index (κ1) is 16.6. The Balaban J connectivity index is 1.62. The number of ether oxygens (including phenoxy) is 1. The van der Waals surface area contributed by atoms with Crippen LogP contribution in [0, 0.1) is 12.8 Å². The molecule has 0 saturated heterocycles. The number of aliphatic hydroxyl groups excluding tert-OH is 1. The van der Waals surface area contributed by atoms with Crippen LogP contribution in [0.2, 0.25) is 0 Å². The molecule has 1 aliphatic carbocycles. The number of aryl methyl sites for hydroxylation is 1. The minimum absolute atomic E-state index is 0.0263. The number of urea groups is 1. The monoisotopic (exact) mass is 306 g/mol. The van der Waals surface area contributed by atoms with Crippen LogP contribution in [0.15, 0.2) is 24.3 Å². The number of para-hydroxylation sites is 1. The zero-order valence-electron chi connectivity index (χ0n) is 13.4. The summed E-state index contributed by atoms with van der Waals surface area (Å²) < 4.78 is 5.68. The zero-order chi connectivity index (χ0) is 16.0. The van der Waals surface area contributed by atoms with Gasteiger partial charge in [-0.3, -0.25) is 0 Å². The van der Waals surface area contributed by atoms with E-state index in [9.17, 15) is 9.90 Å². The third-order valence-electron chi connectivity index (χ3n) is 4.16. The van der Waals surface area contributed by atoms with Gasteiger partial charge in [0.15, 0.2) is 0 Å². The Labute approximate surface area is 132 Å². The Kier molecular flexibility index (Phi) is 5.66. The molecular weight excluding hydrogens is 280 g/mol. The lowest BCUT2D eigenvalue weighted by molar-refractivity contribution is 0.155. The number of amides is 2. The molecule has 0 radical (unpaired) electrons. The Morgan fingerprint density at radius 3 is 2.77 bits per heavy atom. The van der Waals surface area contributed by atoms with Crippen LogP contribution in [0.3, 0.4) is 0 Å². The Hall–Kier alpha value is -1.75. The summed E-state index contributed by atoms with van der Waals surface area (Å²) in [5, 5.41) is 15.1. The first-order chi connectivity index (χ1) is 10.5. The van der Waals surface area contributed by atoms with E-state index in [1.165, 1.54) is 0 Å². The molecule has 2 rings (SSSR count). The molecule has 1 atom stereocenters. The molecule has 0 heterocycles. The first-order valence-electron chi connectivity index (χ1n) is 7.90. The first-order valence-corrected chi connectivity index (χ1v) is 7.90. The number of benzene rings is 1. The van der Waals surface area contributed by atoms with Gasteiger partial charge in [-0.1, -0.05) is 18.2 Å². The van der Waals surface area contributed by atoms with Crippen LogP contribution in [-0.2, 0) is 0 Å². The van der Waals surface area contributed by atoms with E-state index in [-0.39, 0.29) is 12.6 Å². The number of aliphatic hydroxyl groups is 1. The predicted octanol–water partition coefficient (Wildman–Crippen LogP) is 2.22. The normalized spacial score (nSPS) is 16.7. The van der Waals surface area contributed by atoms with Gasteiger partial charge < -0.3 is 20.5 Å². The highest BCUT2D eigenvalue weighted by Gasteiger charge is 2.42. The summed E-state index contributed by atoms with van der Waals surface area (Å²) >= 11 is 0. The highest BCUT2D eigenvalue weighted by Crippen LogP contribution is 2.39. The van der Waals surface area contributed by atoms with Crippen molar-refractivity contribution in [1.82, 2.24) is 10.6 Å². The van der Waals surface area contributed by atoms with Gasteiger partial charge in [0, 0.05) is 6.54 Å². The van der Waals surface area contributed by atoms with Crippen molar-refractivity contribution >= 4 is 6.03 Å². The van der Waals surface area contributed by atoms with Gasteiger partial charge in [0.1, 0.15) is 5.75 Å². The van der Waals surface area contributed by atoms with Crippen molar-refractivity contribution in [3.8, 4) is 5.75 Å². The van der Waals surface area contributed by atoms with Crippen molar-refractivity contribution in [2.75, 3.05) is 19.8 Å². The van der Waals surface area contributed by atoms with Crippen molar-refractivity contribution in [1.29, 1.82) is 0 Å². The number of hydrogen-bond acceptors (Lipinski definition) is 3. The third kappa shape index (κ3) is 4.63. The van der Waals surface area contributed by atoms with E-state index in [4.69, 9.17) is 4.74 Å². The Morgan fingerprint density at radius 2 is 2.14 bits per heavy atom. The minimum Gasteiger partial charge on any atom is -0.493 e. The van der Waals surface area contributed by atoms with Crippen LogP contribution < -0.4 is 15.4 Å². The largest absolute Gasteiger partial charge is 0.493 e. The average molecular weight is 306 g/mol. The average Bonchev–Trinajstić information content (AvgIpc) is 3.33. The fraction of sp³-hybridized carbons (Fsp3) is 0.588. The van der Waals surface area contributed by atoms with Gasteiger partial charge in [-0.05, 0) is 50.7 Å². The van der Waals surface area contributed by atoms with E-state index in [1.807, 2.05) is 38.1 Å². The smallest absolute Gasteiger partial charge is 0.315 e. The Morgan fingerprint density at radius 1 is 1.41 bits per heavy atom. The number of carbonyl (C=O) groups is 1. The SMILES string of the molecule is Cc1ccccc1OCCCNC(=O)NC(C)(CO)C1CC1. The standard InChI is InChI=1S/C17H26N2O3/c1-13-6-3-4-7-15(13)22-11-5-10-18-16(21)19-17(2,12-20)14-8-9-14/h3-4,6-7,14,20H,5,8-12H2,1-2H3,(H2,18,19,21). The molecule has 3 N–H and O–H groups in total. The summed E-state index contributed by atoms with van der Waals surface area (Å²) in [5.41, 5.74) is 0.609. The maximum atomic E-state index is 11.9. The van der Waals surface area contributed by atoms with Gasteiger partial charge in [-0.25, -0.2) is 4.79 Å². The molecule has 1 aromatic carbocycles. The predicted molar refractivity (Wildman–Crippen MR) is 86.0 cm³/mol. The van der Waals surface area contributed by atoms with Crippen molar-refractivity contribution in [3.63, 3.8) is 0 Å². The lowest BCUT2D eigenvalue weighted by Crippen LogP contribution is -2.54. The van der Waals surface area contributed by atoms with Crippen molar-refractivity contribution < 1.29 is 14.6 Å². The number of hydrogen-bond donors (Lipinski definition) is 3. The van der Waals surface area contributed by atoms with Crippen LogP contribution in [0.25, 0.3) is 0 Å². The van der Waals surface area contributed by atoms with Gasteiger partial charge in [-0.2, -0.15) is 0 Å². The fourth-order valence-corrected chi connectivity index (χ4v) is 2.47. The van der Waals surface area contributed by atoms with Crippen LogP contribution in [0.4, 0.5) is 4.79 Å². The molecule has 0 bridgehead atoms. The molecule has 0 aromatic heterocycles. The topological polar surface area (TPSA) is 70.6 Å². The molecule has 1 saturated carbocycles. The molecule has 22 heavy (non-hydrogen) atoms. The summed E-state index contributed by atoms with van der Waals surface area (Å²) in [6, 6.07) is 7.65. The molecule has 122 valence electrons. The minimum atomic E-state index is -0.498. The molecule has 5 heteroatoms. The van der Waals surface area contributed by atoms with E-state index >= 15 is 0 Å². The summed E-state index contributed by atoms with van der Waals surface area (Å²) in [5.74, 6) is 1.28. The highest BCUT2D eigenvalue weighted by molar-refractivity contribution is 5.74. The van der Waals surface area contributed by atoms with Crippen molar-refractivity contribution in [3.05, 3.63) is 29.8 Å². The molecule has 0 aliphatic heterocycles. The van der Waals surface area contributed by atoms with Crippen LogP contribution in [-0.4, -0.2) is 36.4 Å². The lowest BCUT2D eigenvalue weighted by Gasteiger charge is -2.28. The highest BCUT2D eigenvalue weighted by atomic mass is 16.5. The van der Waals surface area contributed by atoms with E-state index in [1.54, 1.807) is 0 Å². The van der Waals surface area contributed by atoms with Crippen molar-refractivity contribution in [2.24, 2.45) is 5.92 Å².